The second-order valence-electron chi connectivity index (χ2n) is 5.98. The van der Waals surface area contributed by atoms with Crippen LogP contribution in [0.1, 0.15) is 29.6 Å². The lowest BCUT2D eigenvalue weighted by molar-refractivity contribution is 0.0623. The molecule has 3 nitrogen and oxygen atoms in total. The number of hydrogen-bond donors (Lipinski definition) is 1. The summed E-state index contributed by atoms with van der Waals surface area (Å²) in [5.41, 5.74) is 8.56. The summed E-state index contributed by atoms with van der Waals surface area (Å²) in [6, 6.07) is 15.6. The summed E-state index contributed by atoms with van der Waals surface area (Å²) in [4.78, 5) is 14.8. The van der Waals surface area contributed by atoms with Gasteiger partial charge in [0.2, 0.25) is 0 Å². The van der Waals surface area contributed by atoms with Gasteiger partial charge in [-0.25, -0.2) is 0 Å². The van der Waals surface area contributed by atoms with E-state index in [1.165, 1.54) is 0 Å². The molecule has 1 aliphatic heterocycles. The highest BCUT2D eigenvalue weighted by Crippen LogP contribution is 2.25. The van der Waals surface area contributed by atoms with Crippen LogP contribution in [0.15, 0.2) is 48.5 Å². The third-order valence-electron chi connectivity index (χ3n) is 4.43. The van der Waals surface area contributed by atoms with E-state index in [0.29, 0.717) is 17.1 Å². The zero-order valence-corrected chi connectivity index (χ0v) is 15.0. The fraction of sp³-hybridized carbons (Fsp3) is 0.316. The second kappa shape index (κ2) is 8.52. The molecule has 2 N–H and O–H groups in total. The monoisotopic (exact) mass is 364 g/mol. The largest absolute Gasteiger partial charge is 0.334 e. The van der Waals surface area contributed by atoms with Gasteiger partial charge in [0.1, 0.15) is 0 Å². The first kappa shape index (κ1) is 18.8. The Morgan fingerprint density at radius 1 is 1.12 bits per heavy atom. The zero-order chi connectivity index (χ0) is 16.2. The number of nitrogens with zero attached hydrogens (tertiary/aromatic N) is 1. The number of nitrogens with two attached hydrogens (primary N) is 1. The molecule has 1 amide bonds. The van der Waals surface area contributed by atoms with E-state index >= 15 is 0 Å². The lowest BCUT2D eigenvalue weighted by Crippen LogP contribution is -2.47. The normalized spacial score (nSPS) is 17.2. The van der Waals surface area contributed by atoms with Crippen LogP contribution in [0.2, 0.25) is 5.02 Å². The van der Waals surface area contributed by atoms with Crippen molar-refractivity contribution in [3.8, 4) is 11.1 Å². The average molecular weight is 365 g/mol. The maximum atomic E-state index is 12.9. The molecule has 3 rings (SSSR count). The Bertz CT molecular complexity index is 705. The summed E-state index contributed by atoms with van der Waals surface area (Å²) in [7, 11) is 0. The number of likely N-dealkylation sites (tertiary alicyclic amines) is 1. The van der Waals surface area contributed by atoms with Crippen molar-refractivity contribution in [2.24, 2.45) is 5.73 Å². The minimum Gasteiger partial charge on any atom is -0.334 e. The molecular weight excluding hydrogens is 343 g/mol. The molecule has 1 saturated heterocycles. The Kier molecular flexibility index (Phi) is 6.67. The van der Waals surface area contributed by atoms with Crippen molar-refractivity contribution in [3.05, 3.63) is 59.1 Å². The topological polar surface area (TPSA) is 46.3 Å². The van der Waals surface area contributed by atoms with Crippen LogP contribution >= 0.6 is 24.0 Å². The van der Waals surface area contributed by atoms with Gasteiger partial charge in [-0.2, -0.15) is 0 Å². The third kappa shape index (κ3) is 4.10. The minimum absolute atomic E-state index is 0. The molecule has 1 unspecified atom stereocenters. The van der Waals surface area contributed by atoms with Crippen LogP contribution in [0.3, 0.4) is 0 Å². The van der Waals surface area contributed by atoms with E-state index in [2.05, 4.69) is 0 Å². The third-order valence-corrected chi connectivity index (χ3v) is 4.66. The van der Waals surface area contributed by atoms with Gasteiger partial charge in [0.05, 0.1) is 0 Å². The van der Waals surface area contributed by atoms with Gasteiger partial charge < -0.3 is 10.6 Å². The molecule has 1 fully saturated rings. The molecule has 5 heteroatoms. The molecule has 0 saturated carbocycles. The SMILES string of the molecule is Cl.NCC1CCCCN1C(=O)c1cccc(-c2cccc(Cl)c2)c1. The molecule has 0 aliphatic carbocycles. The van der Waals surface area contributed by atoms with Gasteiger partial charge in [-0.15, -0.1) is 12.4 Å². The van der Waals surface area contributed by atoms with Crippen molar-refractivity contribution < 1.29 is 4.79 Å². The first-order valence-corrected chi connectivity index (χ1v) is 8.44. The number of amides is 1. The van der Waals surface area contributed by atoms with E-state index in [1.54, 1.807) is 0 Å². The van der Waals surface area contributed by atoms with E-state index < -0.39 is 0 Å². The van der Waals surface area contributed by atoms with Crippen LogP contribution in [0.4, 0.5) is 0 Å². The fourth-order valence-corrected chi connectivity index (χ4v) is 3.37. The van der Waals surface area contributed by atoms with E-state index in [0.717, 1.165) is 36.9 Å². The Morgan fingerprint density at radius 2 is 1.83 bits per heavy atom. The van der Waals surface area contributed by atoms with Crippen molar-refractivity contribution >= 4 is 29.9 Å². The molecule has 2 aromatic carbocycles. The molecule has 0 bridgehead atoms. The standard InChI is InChI=1S/C19H21ClN2O.ClH/c20-17-8-4-6-15(12-17)14-5-3-7-16(11-14)19(23)22-10-2-1-9-18(22)13-21;/h3-8,11-12,18H,1-2,9-10,13,21H2;1H. The number of benzene rings is 2. The molecule has 24 heavy (non-hydrogen) atoms. The molecule has 0 spiro atoms. The van der Waals surface area contributed by atoms with Crippen LogP contribution in [0.5, 0.6) is 0 Å². The van der Waals surface area contributed by atoms with E-state index in [1.807, 2.05) is 53.4 Å². The highest BCUT2D eigenvalue weighted by atomic mass is 35.5. The highest BCUT2D eigenvalue weighted by Gasteiger charge is 2.26. The van der Waals surface area contributed by atoms with Crippen molar-refractivity contribution in [1.82, 2.24) is 4.90 Å². The fourth-order valence-electron chi connectivity index (χ4n) is 3.18. The van der Waals surface area contributed by atoms with Crippen LogP contribution in [-0.4, -0.2) is 29.9 Å². The maximum absolute atomic E-state index is 12.9. The second-order valence-corrected chi connectivity index (χ2v) is 6.41. The smallest absolute Gasteiger partial charge is 0.254 e. The maximum Gasteiger partial charge on any atom is 0.254 e. The number of hydrogen-bond acceptors (Lipinski definition) is 2. The van der Waals surface area contributed by atoms with E-state index in [-0.39, 0.29) is 24.4 Å². The number of carbonyl (C=O) groups is 1. The number of rotatable bonds is 3. The summed E-state index contributed by atoms with van der Waals surface area (Å²) < 4.78 is 0. The lowest BCUT2D eigenvalue weighted by Gasteiger charge is -2.35. The van der Waals surface area contributed by atoms with Gasteiger partial charge in [0.15, 0.2) is 0 Å². The van der Waals surface area contributed by atoms with Gasteiger partial charge in [0, 0.05) is 29.7 Å². The van der Waals surface area contributed by atoms with Crippen LogP contribution in [-0.2, 0) is 0 Å². The molecule has 1 aliphatic rings. The Labute approximate surface area is 154 Å². The van der Waals surface area contributed by atoms with Crippen molar-refractivity contribution in [2.75, 3.05) is 13.1 Å². The lowest BCUT2D eigenvalue weighted by atomic mass is 9.99. The van der Waals surface area contributed by atoms with Gasteiger partial charge >= 0.3 is 0 Å². The molecule has 0 radical (unpaired) electrons. The van der Waals surface area contributed by atoms with Crippen LogP contribution < -0.4 is 5.73 Å². The summed E-state index contributed by atoms with van der Waals surface area (Å²) >= 11 is 6.07. The van der Waals surface area contributed by atoms with Crippen molar-refractivity contribution in [1.29, 1.82) is 0 Å². The quantitative estimate of drug-likeness (QED) is 0.877. The predicted octanol–water partition coefficient (Wildman–Crippen LogP) is 4.38. The Morgan fingerprint density at radius 3 is 2.54 bits per heavy atom. The average Bonchev–Trinajstić information content (AvgIpc) is 2.61. The number of halogens is 2. The first-order valence-electron chi connectivity index (χ1n) is 8.06. The molecule has 2 aromatic rings. The van der Waals surface area contributed by atoms with E-state index in [4.69, 9.17) is 17.3 Å². The van der Waals surface area contributed by atoms with Gasteiger partial charge in [-0.1, -0.05) is 35.9 Å². The molecule has 0 aromatic heterocycles. The van der Waals surface area contributed by atoms with Crippen LogP contribution in [0.25, 0.3) is 11.1 Å². The van der Waals surface area contributed by atoms with Gasteiger partial charge in [-0.05, 0) is 54.7 Å². The molecule has 128 valence electrons. The summed E-state index contributed by atoms with van der Waals surface area (Å²) in [6.07, 6.45) is 3.20. The first-order chi connectivity index (χ1) is 11.2. The summed E-state index contributed by atoms with van der Waals surface area (Å²) in [6.45, 7) is 1.32. The van der Waals surface area contributed by atoms with Crippen LogP contribution in [0, 0.1) is 0 Å². The summed E-state index contributed by atoms with van der Waals surface area (Å²) in [5.74, 6) is 0.0732. The van der Waals surface area contributed by atoms with Crippen molar-refractivity contribution in [3.63, 3.8) is 0 Å². The predicted molar refractivity (Wildman–Crippen MR) is 102 cm³/mol. The summed E-state index contributed by atoms with van der Waals surface area (Å²) in [5, 5.41) is 0.693. The van der Waals surface area contributed by atoms with Gasteiger partial charge in [-0.3, -0.25) is 4.79 Å². The Hall–Kier alpha value is -1.55. The zero-order valence-electron chi connectivity index (χ0n) is 13.5. The number of carbonyl (C=O) groups excluding carboxylic acids is 1. The van der Waals surface area contributed by atoms with Gasteiger partial charge in [0.25, 0.3) is 5.91 Å². The highest BCUT2D eigenvalue weighted by molar-refractivity contribution is 6.30. The number of piperidine rings is 1. The molecule has 1 atom stereocenters. The Balaban J connectivity index is 0.00000208. The molecule has 1 heterocycles. The van der Waals surface area contributed by atoms with Crippen molar-refractivity contribution in [2.45, 2.75) is 25.3 Å². The molecular formula is C19H22Cl2N2O. The van der Waals surface area contributed by atoms with E-state index in [9.17, 15) is 4.79 Å². The minimum atomic E-state index is 0.